The molecular weight excluding hydrogens is 1180 g/mol. The van der Waals surface area contributed by atoms with Crippen LogP contribution in [0.15, 0.2) is 149 Å². The Balaban J connectivity index is 0.00000204. The minimum absolute atomic E-state index is 0. The Morgan fingerprint density at radius 2 is 0.850 bits per heavy atom. The number of hydrogen-bond acceptors (Lipinski definition) is 8. The molecule has 9 aromatic rings. The number of rotatable bonds is 4. The van der Waals surface area contributed by atoms with Crippen LogP contribution >= 0.6 is 47.0 Å². The first-order valence-electron chi connectivity index (χ1n) is 18.7. The van der Waals surface area contributed by atoms with Gasteiger partial charge in [-0.2, -0.15) is 68.9 Å². The molecule has 0 atom stereocenters. The van der Waals surface area contributed by atoms with Gasteiger partial charge in [-0.25, -0.2) is 0 Å². The summed E-state index contributed by atoms with van der Waals surface area (Å²) in [6.45, 7) is -0.188. The van der Waals surface area contributed by atoms with Crippen molar-refractivity contribution in [1.82, 2.24) is 38.7 Å². The topological polar surface area (TPSA) is 71.3 Å². The van der Waals surface area contributed by atoms with Crippen molar-refractivity contribution in [3.63, 3.8) is 0 Å². The van der Waals surface area contributed by atoms with Gasteiger partial charge in [0, 0.05) is 83.3 Å². The largest absolute Gasteiger partial charge is 2.00 e. The van der Waals surface area contributed by atoms with Gasteiger partial charge in [0.2, 0.25) is 13.4 Å². The Kier molecular flexibility index (Phi) is 9.52. The maximum atomic E-state index is 4.73. The molecule has 8 heterocycles. The van der Waals surface area contributed by atoms with Crippen molar-refractivity contribution < 1.29 is 42.1 Å². The van der Waals surface area contributed by atoms with Crippen LogP contribution in [0.5, 0.6) is 0 Å². The molecule has 0 bridgehead atoms. The third kappa shape index (κ3) is 5.74. The van der Waals surface area contributed by atoms with Crippen LogP contribution in [0.2, 0.25) is 0 Å². The zero-order chi connectivity index (χ0) is 38.2. The summed E-state index contributed by atoms with van der Waals surface area (Å²) in [4.78, 5) is 19.5. The summed E-state index contributed by atoms with van der Waals surface area (Å²) in [7, 11) is 4.08. The maximum Gasteiger partial charge on any atom is 2.00 e. The fourth-order valence-electron chi connectivity index (χ4n) is 8.71. The van der Waals surface area contributed by atoms with Crippen molar-refractivity contribution in [3.8, 4) is 34.2 Å². The van der Waals surface area contributed by atoms with Gasteiger partial charge in [0.05, 0.1) is 11.6 Å². The molecule has 13 rings (SSSR count). The number of imidazole rings is 2. The van der Waals surface area contributed by atoms with E-state index >= 15 is 0 Å². The van der Waals surface area contributed by atoms with E-state index in [1.165, 1.54) is 50.1 Å². The number of hydrogen-bond donors (Lipinski definition) is 0. The average Bonchev–Trinajstić information content (AvgIpc) is 4.11. The molecule has 0 unspecified atom stereocenters. The Morgan fingerprint density at radius 1 is 0.467 bits per heavy atom. The van der Waals surface area contributed by atoms with Crippen LogP contribution in [-0.4, -0.2) is 52.1 Å². The third-order valence-corrected chi connectivity index (χ3v) is 16.4. The number of nitrogens with zero attached hydrogens (tertiary/aromatic N) is 8. The Morgan fingerprint density at radius 3 is 1.20 bits per heavy atom. The fraction of sp³-hybridized carbons (Fsp3) is 0.0455. The second-order valence-electron chi connectivity index (χ2n) is 14.6. The normalized spacial score (nSPS) is 13.6. The number of aryl methyl sites for hydroxylation is 2. The SMILES string of the molecule is Cn1ccnc1-c1[c-]c2c(cc1)Sc1c3c4c(c5c1B2c1[c-]c(-n2cccn2)ccc1S5)Sc1ccc(-n2cccn2)[c-]c1B4c1[c-]c(-c2nccn2C)ccc1S3.[Pt+2].[Pt+2]. The van der Waals surface area contributed by atoms with Crippen LogP contribution < -0.4 is 32.8 Å². The van der Waals surface area contributed by atoms with Crippen molar-refractivity contribution in [2.24, 2.45) is 14.1 Å². The molecule has 290 valence electrons. The van der Waals surface area contributed by atoms with Gasteiger partial charge in [-0.3, -0.25) is 19.3 Å². The summed E-state index contributed by atoms with van der Waals surface area (Å²) in [5, 5.41) is 9.18. The molecule has 0 spiro atoms. The van der Waals surface area contributed by atoms with Gasteiger partial charge in [0.25, 0.3) is 0 Å². The number of fused-ring (bicyclic) bond motifs is 10. The van der Waals surface area contributed by atoms with E-state index in [1.807, 2.05) is 132 Å². The third-order valence-electron chi connectivity index (χ3n) is 11.3. The minimum atomic E-state index is -0.0941. The first-order valence-corrected chi connectivity index (χ1v) is 22.0. The summed E-state index contributed by atoms with van der Waals surface area (Å²) >= 11 is 7.50. The monoisotopic (exact) mass is 1200 g/mol. The molecule has 8 nitrogen and oxygen atoms in total. The molecule has 4 aliphatic rings. The van der Waals surface area contributed by atoms with Gasteiger partial charge in [0.1, 0.15) is 0 Å². The van der Waals surface area contributed by atoms with Crippen LogP contribution in [0.1, 0.15) is 0 Å². The van der Waals surface area contributed by atoms with E-state index in [4.69, 9.17) is 9.97 Å². The minimum Gasteiger partial charge on any atom is -0.373 e. The number of benzene rings is 5. The molecule has 4 aliphatic heterocycles. The standard InChI is InChI=1S/C44H24B2N8S4.2Pt/c1-51-19-15-47-43(51)25-5-9-33-29(21-25)45-31-23-27(53-17-3-13-49-53)7-11-35(31)57-41-37(45)39(55-33)40-38-42(41)58-36-12-8-28(54-18-4-14-50-54)24-32(36)46(38)30-22-26(6-10-34(30)56-40)44-48-16-20-52(44)2;;/h3-20H,1-2H3;;/q-4;2*+2. The maximum absolute atomic E-state index is 4.73. The van der Waals surface area contributed by atoms with E-state index in [9.17, 15) is 0 Å². The van der Waals surface area contributed by atoms with Crippen LogP contribution in [0.4, 0.5) is 0 Å². The molecule has 5 aromatic carbocycles. The Hall–Kier alpha value is -4.15. The van der Waals surface area contributed by atoms with Gasteiger partial charge >= 0.3 is 42.1 Å². The van der Waals surface area contributed by atoms with E-state index in [2.05, 4.69) is 92.1 Å². The molecular formula is C44H24B2N8Pt2S4. The van der Waals surface area contributed by atoms with E-state index in [0.29, 0.717) is 0 Å². The molecule has 0 radical (unpaired) electrons. The summed E-state index contributed by atoms with van der Waals surface area (Å²) in [5.41, 5.74) is 11.1. The predicted octanol–water partition coefficient (Wildman–Crippen LogP) is 4.95. The van der Waals surface area contributed by atoms with E-state index in [1.54, 1.807) is 0 Å². The molecule has 0 saturated carbocycles. The fourth-order valence-corrected chi connectivity index (χ4v) is 14.0. The molecule has 0 aliphatic carbocycles. The van der Waals surface area contributed by atoms with Gasteiger partial charge in [-0.1, -0.05) is 9.79 Å². The predicted molar refractivity (Wildman–Crippen MR) is 232 cm³/mol. The first-order chi connectivity index (χ1) is 28.6. The smallest absolute Gasteiger partial charge is 0.373 e. The zero-order valence-corrected chi connectivity index (χ0v) is 39.2. The van der Waals surface area contributed by atoms with Crippen molar-refractivity contribution in [1.29, 1.82) is 0 Å². The van der Waals surface area contributed by atoms with Crippen molar-refractivity contribution >= 4 is 93.2 Å². The van der Waals surface area contributed by atoms with Crippen LogP contribution in [-0.2, 0) is 56.2 Å². The molecule has 0 N–H and O–H groups in total. The van der Waals surface area contributed by atoms with Gasteiger partial charge in [0.15, 0.2) is 0 Å². The molecule has 0 amide bonds. The summed E-state index contributed by atoms with van der Waals surface area (Å²) in [6, 6.07) is 37.2. The molecule has 0 fully saturated rings. The summed E-state index contributed by atoms with van der Waals surface area (Å²) in [6.07, 6.45) is 15.3. The van der Waals surface area contributed by atoms with Crippen LogP contribution in [0.3, 0.4) is 0 Å². The van der Waals surface area contributed by atoms with Crippen molar-refractivity contribution in [3.05, 3.63) is 135 Å². The van der Waals surface area contributed by atoms with E-state index in [0.717, 1.165) is 56.0 Å². The van der Waals surface area contributed by atoms with Gasteiger partial charge in [-0.05, 0) is 34.4 Å². The van der Waals surface area contributed by atoms with Crippen molar-refractivity contribution in [2.75, 3.05) is 0 Å². The Labute approximate surface area is 392 Å². The van der Waals surface area contributed by atoms with Crippen LogP contribution in [0.25, 0.3) is 34.2 Å². The van der Waals surface area contributed by atoms with Crippen molar-refractivity contribution in [2.45, 2.75) is 39.2 Å². The van der Waals surface area contributed by atoms with Crippen LogP contribution in [0, 0.1) is 24.3 Å². The molecule has 60 heavy (non-hydrogen) atoms. The zero-order valence-electron chi connectivity index (χ0n) is 31.4. The molecule has 16 heteroatoms. The van der Waals surface area contributed by atoms with E-state index in [-0.39, 0.29) is 55.6 Å². The first kappa shape index (κ1) is 38.7. The summed E-state index contributed by atoms with van der Waals surface area (Å²) in [5.74, 6) is 1.79. The molecule has 0 saturated heterocycles. The summed E-state index contributed by atoms with van der Waals surface area (Å²) < 4.78 is 7.93. The molecule has 4 aromatic heterocycles. The quantitative estimate of drug-likeness (QED) is 0.182. The average molecular weight is 1200 g/mol. The second kappa shape index (κ2) is 14.7. The Bertz CT molecular complexity index is 2970. The number of aromatic nitrogens is 8. The van der Waals surface area contributed by atoms with Gasteiger partial charge < -0.3 is 9.13 Å². The second-order valence-corrected chi connectivity index (χ2v) is 18.8. The van der Waals surface area contributed by atoms with Gasteiger partial charge in [-0.15, -0.1) is 104 Å². The van der Waals surface area contributed by atoms with E-state index < -0.39 is 0 Å².